The van der Waals surface area contributed by atoms with E-state index in [4.69, 9.17) is 11.6 Å². The summed E-state index contributed by atoms with van der Waals surface area (Å²) in [5, 5.41) is 4.50. The van der Waals surface area contributed by atoms with Crippen molar-refractivity contribution < 1.29 is 4.79 Å². The van der Waals surface area contributed by atoms with Crippen LogP contribution in [0, 0.1) is 0 Å². The number of carbonyl (C=O) groups excluding carboxylic acids is 1. The molecule has 1 aromatic carbocycles. The SMILES string of the molecule is O=C(/C=C/c1ccc(Cl)cc1)N/N=C\c1ccncc1. The maximum atomic E-state index is 11.5. The Labute approximate surface area is 121 Å². The van der Waals surface area contributed by atoms with Crippen LogP contribution in [0.25, 0.3) is 6.08 Å². The molecule has 1 aromatic heterocycles. The molecule has 0 atom stereocenters. The summed E-state index contributed by atoms with van der Waals surface area (Å²) in [4.78, 5) is 15.4. The highest BCUT2D eigenvalue weighted by atomic mass is 35.5. The Morgan fingerprint density at radius 2 is 1.80 bits per heavy atom. The van der Waals surface area contributed by atoms with E-state index in [0.717, 1.165) is 11.1 Å². The number of hydrogen-bond acceptors (Lipinski definition) is 3. The summed E-state index contributed by atoms with van der Waals surface area (Å²) in [7, 11) is 0. The number of carbonyl (C=O) groups is 1. The van der Waals surface area contributed by atoms with E-state index in [1.165, 1.54) is 6.08 Å². The van der Waals surface area contributed by atoms with Crippen molar-refractivity contribution in [3.63, 3.8) is 0 Å². The van der Waals surface area contributed by atoms with E-state index < -0.39 is 0 Å². The highest BCUT2D eigenvalue weighted by Gasteiger charge is 1.93. The Balaban J connectivity index is 1.86. The number of hydrazone groups is 1. The lowest BCUT2D eigenvalue weighted by Gasteiger charge is -1.95. The third-order valence-corrected chi connectivity index (χ3v) is 2.64. The Hall–Kier alpha value is -2.46. The number of nitrogens with one attached hydrogen (secondary N) is 1. The molecule has 0 aliphatic rings. The molecule has 2 rings (SSSR count). The van der Waals surface area contributed by atoms with Gasteiger partial charge in [0.15, 0.2) is 0 Å². The van der Waals surface area contributed by atoms with Crippen molar-refractivity contribution in [1.82, 2.24) is 10.4 Å². The number of amides is 1. The molecule has 4 nitrogen and oxygen atoms in total. The lowest BCUT2D eigenvalue weighted by atomic mass is 10.2. The summed E-state index contributed by atoms with van der Waals surface area (Å²) < 4.78 is 0. The monoisotopic (exact) mass is 285 g/mol. The first-order valence-electron chi connectivity index (χ1n) is 5.91. The zero-order valence-electron chi connectivity index (χ0n) is 10.5. The zero-order valence-corrected chi connectivity index (χ0v) is 11.3. The molecular formula is C15H12ClN3O. The van der Waals surface area contributed by atoms with Crippen LogP contribution in [-0.4, -0.2) is 17.1 Å². The Bertz CT molecular complexity index is 621. The van der Waals surface area contributed by atoms with Gasteiger partial charge in [-0.3, -0.25) is 9.78 Å². The summed E-state index contributed by atoms with van der Waals surface area (Å²) in [6, 6.07) is 10.8. The molecule has 1 N–H and O–H groups in total. The predicted octanol–water partition coefficient (Wildman–Crippen LogP) is 2.90. The molecule has 1 heterocycles. The van der Waals surface area contributed by atoms with E-state index >= 15 is 0 Å². The normalized spacial score (nSPS) is 11.1. The molecule has 0 bridgehead atoms. The van der Waals surface area contributed by atoms with Gasteiger partial charge in [0.25, 0.3) is 5.91 Å². The number of pyridine rings is 1. The summed E-state index contributed by atoms with van der Waals surface area (Å²) in [5.41, 5.74) is 4.16. The largest absolute Gasteiger partial charge is 0.268 e. The number of halogens is 1. The van der Waals surface area contributed by atoms with Crippen LogP contribution in [0.15, 0.2) is 60.0 Å². The quantitative estimate of drug-likeness (QED) is 0.533. The van der Waals surface area contributed by atoms with Gasteiger partial charge in [-0.25, -0.2) is 5.43 Å². The van der Waals surface area contributed by atoms with Gasteiger partial charge in [-0.15, -0.1) is 0 Å². The van der Waals surface area contributed by atoms with Crippen molar-refractivity contribution in [3.8, 4) is 0 Å². The molecule has 0 radical (unpaired) electrons. The van der Waals surface area contributed by atoms with Crippen LogP contribution < -0.4 is 5.43 Å². The highest BCUT2D eigenvalue weighted by Crippen LogP contribution is 2.10. The second-order valence-electron chi connectivity index (χ2n) is 3.90. The smallest absolute Gasteiger partial charge is 0.264 e. The third-order valence-electron chi connectivity index (χ3n) is 2.39. The lowest BCUT2D eigenvalue weighted by Crippen LogP contribution is -2.14. The molecule has 2 aromatic rings. The van der Waals surface area contributed by atoms with Gasteiger partial charge < -0.3 is 0 Å². The minimum atomic E-state index is -0.301. The number of benzene rings is 1. The van der Waals surface area contributed by atoms with E-state index in [2.05, 4.69) is 15.5 Å². The molecule has 0 unspecified atom stereocenters. The molecule has 20 heavy (non-hydrogen) atoms. The van der Waals surface area contributed by atoms with Crippen molar-refractivity contribution >= 4 is 29.8 Å². The summed E-state index contributed by atoms with van der Waals surface area (Å²) in [6.07, 6.45) is 7.96. The van der Waals surface area contributed by atoms with E-state index in [-0.39, 0.29) is 5.91 Å². The fourth-order valence-corrected chi connectivity index (χ4v) is 1.53. The highest BCUT2D eigenvalue weighted by molar-refractivity contribution is 6.30. The molecule has 0 spiro atoms. The van der Waals surface area contributed by atoms with Crippen LogP contribution in [0.2, 0.25) is 5.02 Å². The van der Waals surface area contributed by atoms with Gasteiger partial charge in [-0.05, 0) is 41.5 Å². The minimum absolute atomic E-state index is 0.301. The molecule has 100 valence electrons. The van der Waals surface area contributed by atoms with E-state index in [1.54, 1.807) is 48.9 Å². The predicted molar refractivity (Wildman–Crippen MR) is 80.5 cm³/mol. The van der Waals surface area contributed by atoms with Gasteiger partial charge in [0.05, 0.1) is 6.21 Å². The maximum Gasteiger partial charge on any atom is 0.264 e. The van der Waals surface area contributed by atoms with Crippen LogP contribution >= 0.6 is 11.6 Å². The van der Waals surface area contributed by atoms with Gasteiger partial charge in [0, 0.05) is 23.5 Å². The summed E-state index contributed by atoms with van der Waals surface area (Å²) >= 11 is 5.77. The van der Waals surface area contributed by atoms with Gasteiger partial charge in [-0.2, -0.15) is 5.10 Å². The Morgan fingerprint density at radius 1 is 1.10 bits per heavy atom. The Kier molecular flexibility index (Phi) is 5.03. The average Bonchev–Trinajstić information content (AvgIpc) is 2.48. The number of rotatable bonds is 4. The molecule has 0 saturated carbocycles. The van der Waals surface area contributed by atoms with Gasteiger partial charge >= 0.3 is 0 Å². The van der Waals surface area contributed by atoms with Crippen molar-refractivity contribution in [1.29, 1.82) is 0 Å². The number of nitrogens with zero attached hydrogens (tertiary/aromatic N) is 2. The van der Waals surface area contributed by atoms with Crippen LogP contribution in [0.1, 0.15) is 11.1 Å². The van der Waals surface area contributed by atoms with Gasteiger partial charge in [0.1, 0.15) is 0 Å². The van der Waals surface area contributed by atoms with E-state index in [0.29, 0.717) is 5.02 Å². The molecule has 5 heteroatoms. The lowest BCUT2D eigenvalue weighted by molar-refractivity contribution is -0.116. The van der Waals surface area contributed by atoms with Crippen LogP contribution in [0.4, 0.5) is 0 Å². The Morgan fingerprint density at radius 3 is 2.50 bits per heavy atom. The topological polar surface area (TPSA) is 54.4 Å². The van der Waals surface area contributed by atoms with Crippen molar-refractivity contribution in [3.05, 3.63) is 71.0 Å². The molecule has 0 saturated heterocycles. The van der Waals surface area contributed by atoms with Crippen molar-refractivity contribution in [2.75, 3.05) is 0 Å². The molecular weight excluding hydrogens is 274 g/mol. The minimum Gasteiger partial charge on any atom is -0.268 e. The van der Waals surface area contributed by atoms with E-state index in [9.17, 15) is 4.79 Å². The molecule has 0 aliphatic heterocycles. The molecule has 0 fully saturated rings. The molecule has 0 aliphatic carbocycles. The molecule has 1 amide bonds. The van der Waals surface area contributed by atoms with Gasteiger partial charge in [-0.1, -0.05) is 23.7 Å². The summed E-state index contributed by atoms with van der Waals surface area (Å²) in [6.45, 7) is 0. The van der Waals surface area contributed by atoms with Crippen LogP contribution in [-0.2, 0) is 4.79 Å². The first-order valence-corrected chi connectivity index (χ1v) is 6.28. The van der Waals surface area contributed by atoms with Crippen LogP contribution in [0.3, 0.4) is 0 Å². The van der Waals surface area contributed by atoms with Gasteiger partial charge in [0.2, 0.25) is 0 Å². The number of hydrogen-bond donors (Lipinski definition) is 1. The number of aromatic nitrogens is 1. The van der Waals surface area contributed by atoms with Crippen molar-refractivity contribution in [2.45, 2.75) is 0 Å². The second kappa shape index (κ2) is 7.21. The second-order valence-corrected chi connectivity index (χ2v) is 4.34. The average molecular weight is 286 g/mol. The van der Waals surface area contributed by atoms with Crippen LogP contribution in [0.5, 0.6) is 0 Å². The standard InChI is InChI=1S/C15H12ClN3O/c16-14-4-1-12(2-5-14)3-6-15(20)19-18-11-13-7-9-17-10-8-13/h1-11H,(H,19,20)/b6-3+,18-11-. The fraction of sp³-hybridized carbons (Fsp3) is 0. The third kappa shape index (κ3) is 4.66. The summed E-state index contributed by atoms with van der Waals surface area (Å²) in [5.74, 6) is -0.301. The maximum absolute atomic E-state index is 11.5. The first-order chi connectivity index (χ1) is 9.74. The van der Waals surface area contributed by atoms with Crippen molar-refractivity contribution in [2.24, 2.45) is 5.10 Å². The first kappa shape index (κ1) is 14.0. The van der Waals surface area contributed by atoms with E-state index in [1.807, 2.05) is 12.1 Å². The fourth-order valence-electron chi connectivity index (χ4n) is 1.40. The zero-order chi connectivity index (χ0) is 14.2.